The van der Waals surface area contributed by atoms with Crippen molar-refractivity contribution in [2.24, 2.45) is 4.99 Å². The maximum absolute atomic E-state index is 11.4. The number of carbonyl (C=O) groups is 2. The van der Waals surface area contributed by atoms with Gasteiger partial charge in [-0.1, -0.05) is 0 Å². The fraction of sp³-hybridized carbons (Fsp3) is 0.727. The first kappa shape index (κ1) is 15.2. The van der Waals surface area contributed by atoms with E-state index in [1.165, 1.54) is 6.34 Å². The summed E-state index contributed by atoms with van der Waals surface area (Å²) in [5.41, 5.74) is -0.569. The molecule has 0 spiro atoms. The standard InChI is InChI=1S/C11H19N3O5/c1-5-17-10(16)14-7-13-8(19-14)6-12-9(15)18-11(2,3)4/h7-8H,5-6H2,1-4H3,(H,12,15). The van der Waals surface area contributed by atoms with Gasteiger partial charge in [-0.05, 0) is 27.7 Å². The molecule has 0 aromatic carbocycles. The Morgan fingerprint density at radius 3 is 2.74 bits per heavy atom. The maximum atomic E-state index is 11.4. The van der Waals surface area contributed by atoms with E-state index >= 15 is 0 Å². The molecule has 1 heterocycles. The number of hydrogen-bond donors (Lipinski definition) is 1. The molecular weight excluding hydrogens is 254 g/mol. The van der Waals surface area contributed by atoms with E-state index in [1.807, 2.05) is 0 Å². The van der Waals surface area contributed by atoms with Gasteiger partial charge in [0.15, 0.2) is 6.23 Å². The highest BCUT2D eigenvalue weighted by molar-refractivity contribution is 5.81. The van der Waals surface area contributed by atoms with Crippen molar-refractivity contribution in [2.75, 3.05) is 13.2 Å². The first-order valence-corrected chi connectivity index (χ1v) is 5.94. The van der Waals surface area contributed by atoms with Crippen molar-refractivity contribution in [3.63, 3.8) is 0 Å². The van der Waals surface area contributed by atoms with Crippen LogP contribution in [0, 0.1) is 0 Å². The van der Waals surface area contributed by atoms with Gasteiger partial charge in [0.25, 0.3) is 0 Å². The molecule has 1 unspecified atom stereocenters. The van der Waals surface area contributed by atoms with E-state index < -0.39 is 24.0 Å². The number of ether oxygens (including phenoxy) is 2. The van der Waals surface area contributed by atoms with Gasteiger partial charge in [-0.3, -0.25) is 0 Å². The van der Waals surface area contributed by atoms with Crippen molar-refractivity contribution in [1.29, 1.82) is 0 Å². The highest BCUT2D eigenvalue weighted by Crippen LogP contribution is 2.09. The molecule has 0 fully saturated rings. The second kappa shape index (κ2) is 6.37. The lowest BCUT2D eigenvalue weighted by molar-refractivity contribution is -0.101. The van der Waals surface area contributed by atoms with E-state index in [2.05, 4.69) is 10.3 Å². The maximum Gasteiger partial charge on any atom is 0.439 e. The summed E-state index contributed by atoms with van der Waals surface area (Å²) in [7, 11) is 0. The average Bonchev–Trinajstić information content (AvgIpc) is 2.73. The summed E-state index contributed by atoms with van der Waals surface area (Å²) in [6.45, 7) is 7.32. The summed E-state index contributed by atoms with van der Waals surface area (Å²) in [5, 5.41) is 3.37. The minimum Gasteiger partial charge on any atom is -0.448 e. The molecule has 1 aliphatic rings. The van der Waals surface area contributed by atoms with Crippen molar-refractivity contribution in [1.82, 2.24) is 10.4 Å². The van der Waals surface area contributed by atoms with E-state index in [1.54, 1.807) is 27.7 Å². The van der Waals surface area contributed by atoms with Crippen LogP contribution in [-0.2, 0) is 14.3 Å². The van der Waals surface area contributed by atoms with Gasteiger partial charge in [0.05, 0.1) is 13.2 Å². The topological polar surface area (TPSA) is 89.5 Å². The van der Waals surface area contributed by atoms with Gasteiger partial charge in [-0.15, -0.1) is 5.06 Å². The van der Waals surface area contributed by atoms with E-state index in [0.29, 0.717) is 0 Å². The van der Waals surface area contributed by atoms with Crippen LogP contribution in [0.15, 0.2) is 4.99 Å². The molecule has 0 aliphatic carbocycles. The van der Waals surface area contributed by atoms with Gasteiger partial charge in [0, 0.05) is 0 Å². The Bertz CT molecular complexity index is 364. The molecule has 1 atom stereocenters. The minimum absolute atomic E-state index is 0.0985. The molecule has 0 bridgehead atoms. The largest absolute Gasteiger partial charge is 0.448 e. The number of carbonyl (C=O) groups excluding carboxylic acids is 2. The van der Waals surface area contributed by atoms with Gasteiger partial charge in [-0.2, -0.15) is 0 Å². The summed E-state index contributed by atoms with van der Waals surface area (Å²) < 4.78 is 9.77. The quantitative estimate of drug-likeness (QED) is 0.836. The first-order valence-electron chi connectivity index (χ1n) is 5.94. The van der Waals surface area contributed by atoms with Crippen molar-refractivity contribution in [2.45, 2.75) is 39.5 Å². The molecule has 8 nitrogen and oxygen atoms in total. The number of nitrogens with one attached hydrogen (secondary N) is 1. The number of nitrogens with zero attached hydrogens (tertiary/aromatic N) is 2. The molecule has 0 saturated heterocycles. The SMILES string of the molecule is CCOC(=O)N1C=NC(CNC(=O)OC(C)(C)C)O1. The summed E-state index contributed by atoms with van der Waals surface area (Å²) >= 11 is 0. The van der Waals surface area contributed by atoms with Crippen LogP contribution in [0.5, 0.6) is 0 Å². The summed E-state index contributed by atoms with van der Waals surface area (Å²) in [6.07, 6.45) is -0.678. The van der Waals surface area contributed by atoms with Crippen LogP contribution < -0.4 is 5.32 Å². The average molecular weight is 273 g/mol. The lowest BCUT2D eigenvalue weighted by Crippen LogP contribution is -2.38. The number of alkyl carbamates (subject to hydrolysis) is 1. The Morgan fingerprint density at radius 2 is 2.16 bits per heavy atom. The van der Waals surface area contributed by atoms with E-state index in [4.69, 9.17) is 14.3 Å². The predicted molar refractivity (Wildman–Crippen MR) is 66.5 cm³/mol. The molecule has 1 rings (SSSR count). The van der Waals surface area contributed by atoms with Crippen molar-refractivity contribution >= 4 is 18.5 Å². The Hall–Kier alpha value is -1.83. The van der Waals surface area contributed by atoms with Crippen LogP contribution in [0.4, 0.5) is 9.59 Å². The number of rotatable bonds is 3. The van der Waals surface area contributed by atoms with Crippen LogP contribution in [0.25, 0.3) is 0 Å². The molecule has 0 saturated carbocycles. The van der Waals surface area contributed by atoms with Crippen LogP contribution in [0.2, 0.25) is 0 Å². The minimum atomic E-state index is -0.670. The third-order valence-corrected chi connectivity index (χ3v) is 1.84. The molecule has 2 amide bonds. The molecular formula is C11H19N3O5. The zero-order valence-corrected chi connectivity index (χ0v) is 11.5. The summed E-state index contributed by atoms with van der Waals surface area (Å²) in [4.78, 5) is 31.7. The fourth-order valence-corrected chi connectivity index (χ4v) is 1.17. The second-order valence-corrected chi connectivity index (χ2v) is 4.73. The Kier molecular flexibility index (Phi) is 5.11. The Morgan fingerprint density at radius 1 is 1.47 bits per heavy atom. The lowest BCUT2D eigenvalue weighted by atomic mass is 10.2. The lowest BCUT2D eigenvalue weighted by Gasteiger charge is -2.20. The highest BCUT2D eigenvalue weighted by Gasteiger charge is 2.25. The summed E-state index contributed by atoms with van der Waals surface area (Å²) in [5.74, 6) is 0. The molecule has 0 aromatic heterocycles. The molecule has 1 N–H and O–H groups in total. The van der Waals surface area contributed by atoms with Crippen LogP contribution >= 0.6 is 0 Å². The Balaban J connectivity index is 2.28. The normalized spacial score (nSPS) is 18.3. The van der Waals surface area contributed by atoms with Gasteiger partial charge in [0.1, 0.15) is 11.9 Å². The third kappa shape index (κ3) is 5.56. The first-order chi connectivity index (χ1) is 8.81. The number of hydroxylamine groups is 2. The van der Waals surface area contributed by atoms with Crippen LogP contribution in [-0.4, -0.2) is 48.6 Å². The molecule has 8 heteroatoms. The number of aliphatic imine (C=N–C) groups is 1. The van der Waals surface area contributed by atoms with Gasteiger partial charge >= 0.3 is 12.2 Å². The van der Waals surface area contributed by atoms with E-state index in [-0.39, 0.29) is 13.2 Å². The zero-order valence-electron chi connectivity index (χ0n) is 11.5. The number of hydrogen-bond acceptors (Lipinski definition) is 6. The van der Waals surface area contributed by atoms with Gasteiger partial charge < -0.3 is 14.8 Å². The fourth-order valence-electron chi connectivity index (χ4n) is 1.17. The molecule has 108 valence electrons. The van der Waals surface area contributed by atoms with Gasteiger partial charge in [-0.25, -0.2) is 19.4 Å². The molecule has 19 heavy (non-hydrogen) atoms. The van der Waals surface area contributed by atoms with E-state index in [9.17, 15) is 9.59 Å². The molecule has 0 radical (unpaired) electrons. The van der Waals surface area contributed by atoms with Crippen molar-refractivity contribution < 1.29 is 23.9 Å². The highest BCUT2D eigenvalue weighted by atomic mass is 16.7. The van der Waals surface area contributed by atoms with E-state index in [0.717, 1.165) is 5.06 Å². The number of amides is 2. The van der Waals surface area contributed by atoms with Gasteiger partial charge in [0.2, 0.25) is 0 Å². The zero-order chi connectivity index (χ0) is 14.5. The van der Waals surface area contributed by atoms with Crippen LogP contribution in [0.3, 0.4) is 0 Å². The van der Waals surface area contributed by atoms with Crippen molar-refractivity contribution in [3.05, 3.63) is 0 Å². The molecule has 0 aromatic rings. The third-order valence-electron chi connectivity index (χ3n) is 1.84. The summed E-state index contributed by atoms with van der Waals surface area (Å²) in [6, 6.07) is 0. The smallest absolute Gasteiger partial charge is 0.439 e. The van der Waals surface area contributed by atoms with Crippen LogP contribution in [0.1, 0.15) is 27.7 Å². The monoisotopic (exact) mass is 273 g/mol. The van der Waals surface area contributed by atoms with Crippen molar-refractivity contribution in [3.8, 4) is 0 Å². The second-order valence-electron chi connectivity index (χ2n) is 4.73. The Labute approximate surface area is 111 Å². The predicted octanol–water partition coefficient (Wildman–Crippen LogP) is 1.27. The molecule has 1 aliphatic heterocycles.